The average molecular weight is 445 g/mol. The van der Waals surface area contributed by atoms with Crippen LogP contribution in [0.5, 0.6) is 0 Å². The van der Waals surface area contributed by atoms with Gasteiger partial charge in [-0.15, -0.1) is 11.3 Å². The van der Waals surface area contributed by atoms with Crippen LogP contribution in [0.25, 0.3) is 32.5 Å². The second-order valence-electron chi connectivity index (χ2n) is 7.13. The summed E-state index contributed by atoms with van der Waals surface area (Å²) < 4.78 is 32.0. The fraction of sp³-hybridized carbons (Fsp3) is 0.316. The first-order chi connectivity index (χ1) is 14.5. The number of morpholine rings is 1. The zero-order chi connectivity index (χ0) is 20.7. The maximum atomic E-state index is 11.5. The third kappa shape index (κ3) is 3.76. The van der Waals surface area contributed by atoms with Gasteiger partial charge in [0.2, 0.25) is 10.0 Å². The van der Waals surface area contributed by atoms with Gasteiger partial charge in [-0.1, -0.05) is 12.1 Å². The molecule has 156 valence electrons. The number of nitrogens with one attached hydrogen (secondary N) is 2. The van der Waals surface area contributed by atoms with Crippen LogP contribution < -0.4 is 9.62 Å². The van der Waals surface area contributed by atoms with Gasteiger partial charge in [0.05, 0.1) is 41.4 Å². The van der Waals surface area contributed by atoms with E-state index in [1.165, 1.54) is 11.3 Å². The summed E-state index contributed by atoms with van der Waals surface area (Å²) in [5.74, 6) is 1.48. The molecule has 1 fully saturated rings. The number of aromatic nitrogens is 4. The quantitative estimate of drug-likeness (QED) is 0.485. The van der Waals surface area contributed by atoms with Crippen LogP contribution in [-0.4, -0.2) is 61.1 Å². The molecule has 0 spiro atoms. The molecule has 11 heteroatoms. The standard InChI is InChI=1S/C19H20N6O3S2/c1-30(26,27)21-10-12-9-16-17(29-12)19(25-5-7-28-8-6-25)23-18(22-16)13-3-2-4-15-14(13)11-20-24-15/h2-4,9,11,21H,5-8,10H2,1H3,(H,20,24). The summed E-state index contributed by atoms with van der Waals surface area (Å²) in [6, 6.07) is 7.84. The van der Waals surface area contributed by atoms with Crippen LogP contribution in [0, 0.1) is 0 Å². The number of nitrogens with zero attached hydrogens (tertiary/aromatic N) is 4. The van der Waals surface area contributed by atoms with Gasteiger partial charge in [-0.2, -0.15) is 5.10 Å². The molecule has 0 bridgehead atoms. The van der Waals surface area contributed by atoms with E-state index < -0.39 is 10.0 Å². The first-order valence-corrected chi connectivity index (χ1v) is 12.2. The van der Waals surface area contributed by atoms with Crippen LogP contribution in [0.4, 0.5) is 5.82 Å². The van der Waals surface area contributed by atoms with E-state index in [0.717, 1.165) is 56.7 Å². The van der Waals surface area contributed by atoms with Crippen LogP contribution in [0.15, 0.2) is 30.5 Å². The van der Waals surface area contributed by atoms with Crippen molar-refractivity contribution in [1.82, 2.24) is 24.9 Å². The number of benzene rings is 1. The van der Waals surface area contributed by atoms with E-state index in [9.17, 15) is 8.42 Å². The lowest BCUT2D eigenvalue weighted by atomic mass is 10.1. The first-order valence-electron chi connectivity index (χ1n) is 9.48. The molecule has 1 aromatic carbocycles. The van der Waals surface area contributed by atoms with Crippen molar-refractivity contribution in [2.75, 3.05) is 37.5 Å². The molecule has 5 rings (SSSR count). The van der Waals surface area contributed by atoms with Gasteiger partial charge in [0.25, 0.3) is 0 Å². The number of rotatable bonds is 5. The molecule has 1 aliphatic heterocycles. The Hall–Kier alpha value is -2.60. The molecule has 0 aliphatic carbocycles. The van der Waals surface area contributed by atoms with E-state index in [0.29, 0.717) is 19.0 Å². The molecular weight excluding hydrogens is 424 g/mol. The number of H-pyrrole nitrogens is 1. The Morgan fingerprint density at radius 1 is 1.27 bits per heavy atom. The highest BCUT2D eigenvalue weighted by Gasteiger charge is 2.21. The average Bonchev–Trinajstić information content (AvgIpc) is 3.38. The second-order valence-corrected chi connectivity index (χ2v) is 10.1. The minimum atomic E-state index is -3.28. The molecule has 30 heavy (non-hydrogen) atoms. The van der Waals surface area contributed by atoms with Crippen molar-refractivity contribution in [3.63, 3.8) is 0 Å². The number of anilines is 1. The van der Waals surface area contributed by atoms with Crippen molar-refractivity contribution >= 4 is 48.3 Å². The zero-order valence-electron chi connectivity index (χ0n) is 16.3. The van der Waals surface area contributed by atoms with Gasteiger partial charge < -0.3 is 9.64 Å². The van der Waals surface area contributed by atoms with Gasteiger partial charge in [0.1, 0.15) is 0 Å². The number of fused-ring (bicyclic) bond motifs is 2. The Bertz CT molecular complexity index is 1320. The highest BCUT2D eigenvalue weighted by molar-refractivity contribution is 7.88. The normalized spacial score (nSPS) is 15.3. The van der Waals surface area contributed by atoms with Crippen molar-refractivity contribution in [1.29, 1.82) is 0 Å². The molecule has 0 unspecified atom stereocenters. The van der Waals surface area contributed by atoms with Crippen molar-refractivity contribution in [2.24, 2.45) is 0 Å². The summed E-state index contributed by atoms with van der Waals surface area (Å²) in [6.45, 7) is 3.01. The summed E-state index contributed by atoms with van der Waals surface area (Å²) in [5, 5.41) is 8.08. The van der Waals surface area contributed by atoms with Crippen LogP contribution in [-0.2, 0) is 21.3 Å². The molecule has 9 nitrogen and oxygen atoms in total. The Labute approximate surface area is 177 Å². The fourth-order valence-electron chi connectivity index (χ4n) is 3.53. The van der Waals surface area contributed by atoms with Crippen LogP contribution in [0.3, 0.4) is 0 Å². The van der Waals surface area contributed by atoms with E-state index in [1.807, 2.05) is 24.3 Å². The lowest BCUT2D eigenvalue weighted by Crippen LogP contribution is -2.36. The second kappa shape index (κ2) is 7.58. The van der Waals surface area contributed by atoms with Gasteiger partial charge in [-0.25, -0.2) is 23.1 Å². The lowest BCUT2D eigenvalue weighted by molar-refractivity contribution is 0.122. The van der Waals surface area contributed by atoms with Crippen molar-refractivity contribution in [3.05, 3.63) is 35.3 Å². The SMILES string of the molecule is CS(=O)(=O)NCc1cc2nc(-c3cccc4[nH]ncc34)nc(N3CCOCC3)c2s1. The number of aromatic amines is 1. The molecular formula is C19H20N6O3S2. The molecule has 0 amide bonds. The summed E-state index contributed by atoms with van der Waals surface area (Å²) in [4.78, 5) is 12.8. The number of thiophene rings is 1. The molecule has 1 aliphatic rings. The minimum absolute atomic E-state index is 0.231. The molecule has 0 radical (unpaired) electrons. The minimum Gasteiger partial charge on any atom is -0.378 e. The van der Waals surface area contributed by atoms with E-state index in [-0.39, 0.29) is 6.54 Å². The maximum absolute atomic E-state index is 11.5. The number of sulfonamides is 1. The molecule has 0 atom stereocenters. The van der Waals surface area contributed by atoms with Crippen LogP contribution in [0.1, 0.15) is 4.88 Å². The van der Waals surface area contributed by atoms with Crippen molar-refractivity contribution in [2.45, 2.75) is 6.54 Å². The number of hydrogen-bond acceptors (Lipinski definition) is 8. The Morgan fingerprint density at radius 3 is 2.90 bits per heavy atom. The van der Waals surface area contributed by atoms with Gasteiger partial charge in [-0.3, -0.25) is 5.10 Å². The summed E-state index contributed by atoms with van der Waals surface area (Å²) in [6.07, 6.45) is 2.94. The van der Waals surface area contributed by atoms with E-state index in [4.69, 9.17) is 14.7 Å². The van der Waals surface area contributed by atoms with Gasteiger partial charge >= 0.3 is 0 Å². The van der Waals surface area contributed by atoms with Crippen molar-refractivity contribution < 1.29 is 13.2 Å². The number of hydrogen-bond donors (Lipinski definition) is 2. The highest BCUT2D eigenvalue weighted by atomic mass is 32.2. The Morgan fingerprint density at radius 2 is 2.10 bits per heavy atom. The molecule has 4 heterocycles. The first kappa shape index (κ1) is 19.4. The monoisotopic (exact) mass is 444 g/mol. The third-order valence-electron chi connectivity index (χ3n) is 4.95. The predicted molar refractivity (Wildman–Crippen MR) is 117 cm³/mol. The topological polar surface area (TPSA) is 113 Å². The predicted octanol–water partition coefficient (Wildman–Crippen LogP) is 2.12. The summed E-state index contributed by atoms with van der Waals surface area (Å²) in [5.41, 5.74) is 2.63. The molecule has 0 saturated carbocycles. The summed E-state index contributed by atoms with van der Waals surface area (Å²) in [7, 11) is -3.28. The number of ether oxygens (including phenoxy) is 1. The Balaban J connectivity index is 1.65. The Kier molecular flexibility index (Phi) is 4.89. The smallest absolute Gasteiger partial charge is 0.209 e. The molecule has 3 aromatic heterocycles. The molecule has 4 aromatic rings. The lowest BCUT2D eigenvalue weighted by Gasteiger charge is -2.28. The van der Waals surface area contributed by atoms with Crippen molar-refractivity contribution in [3.8, 4) is 11.4 Å². The zero-order valence-corrected chi connectivity index (χ0v) is 17.9. The van der Waals surface area contributed by atoms with Gasteiger partial charge in [0.15, 0.2) is 11.6 Å². The highest BCUT2D eigenvalue weighted by Crippen LogP contribution is 2.35. The maximum Gasteiger partial charge on any atom is 0.209 e. The molecule has 2 N–H and O–H groups in total. The van der Waals surface area contributed by atoms with E-state index in [2.05, 4.69) is 19.8 Å². The largest absolute Gasteiger partial charge is 0.378 e. The summed E-state index contributed by atoms with van der Waals surface area (Å²) >= 11 is 1.51. The van der Waals surface area contributed by atoms with Crippen LogP contribution >= 0.6 is 11.3 Å². The van der Waals surface area contributed by atoms with E-state index >= 15 is 0 Å². The van der Waals surface area contributed by atoms with Crippen LogP contribution in [0.2, 0.25) is 0 Å². The fourth-order valence-corrected chi connectivity index (χ4v) is 5.09. The molecule has 1 saturated heterocycles. The van der Waals surface area contributed by atoms with Gasteiger partial charge in [-0.05, 0) is 12.1 Å². The van der Waals surface area contributed by atoms with Gasteiger partial charge in [0, 0.05) is 35.5 Å². The third-order valence-corrected chi connectivity index (χ3v) is 6.74. The van der Waals surface area contributed by atoms with E-state index in [1.54, 1.807) is 6.20 Å².